The number of nitrogens with one attached hydrogen (secondary N) is 2. The first-order valence-corrected chi connectivity index (χ1v) is 11.1. The van der Waals surface area contributed by atoms with Gasteiger partial charge in [-0.05, 0) is 56.7 Å². The molecule has 1 aromatic carbocycles. The summed E-state index contributed by atoms with van der Waals surface area (Å²) in [7, 11) is 0. The van der Waals surface area contributed by atoms with E-state index in [-0.39, 0.29) is 24.3 Å². The summed E-state index contributed by atoms with van der Waals surface area (Å²) in [5, 5.41) is 15.7. The van der Waals surface area contributed by atoms with E-state index < -0.39 is 11.9 Å². The Morgan fingerprint density at radius 2 is 1.87 bits per heavy atom. The zero-order chi connectivity index (χ0) is 21.3. The van der Waals surface area contributed by atoms with Gasteiger partial charge in [-0.2, -0.15) is 0 Å². The van der Waals surface area contributed by atoms with Crippen LogP contribution in [-0.2, 0) is 14.4 Å². The number of carbonyl (C=O) groups excluding carboxylic acids is 2. The highest BCUT2D eigenvalue weighted by atomic mass is 16.4. The molecule has 1 aromatic rings. The van der Waals surface area contributed by atoms with Gasteiger partial charge >= 0.3 is 5.97 Å². The third-order valence-corrected chi connectivity index (χ3v) is 6.35. The van der Waals surface area contributed by atoms with Crippen LogP contribution in [0.1, 0.15) is 50.0 Å². The van der Waals surface area contributed by atoms with Gasteiger partial charge in [-0.3, -0.25) is 14.4 Å². The first kappa shape index (κ1) is 22.3. The molecular weight excluding hydrogens is 382 g/mol. The van der Waals surface area contributed by atoms with E-state index in [1.165, 1.54) is 0 Å². The Kier molecular flexibility index (Phi) is 8.25. The van der Waals surface area contributed by atoms with E-state index in [9.17, 15) is 19.5 Å². The quantitative estimate of drug-likeness (QED) is 0.603. The van der Waals surface area contributed by atoms with E-state index in [0.29, 0.717) is 31.0 Å². The summed E-state index contributed by atoms with van der Waals surface area (Å²) in [6, 6.07) is 8.94. The molecule has 3 rings (SSSR count). The van der Waals surface area contributed by atoms with Gasteiger partial charge in [0.05, 0.1) is 11.8 Å². The lowest BCUT2D eigenvalue weighted by molar-refractivity contribution is -0.138. The SMILES string of the molecule is O=C(O)C(CNC(=O)[C@@H]1CCCN(C(=O)CCC2CCNCC2)C1)c1ccccc1. The van der Waals surface area contributed by atoms with Crippen molar-refractivity contribution in [2.45, 2.75) is 44.4 Å². The molecule has 0 saturated carbocycles. The first-order chi connectivity index (χ1) is 14.5. The van der Waals surface area contributed by atoms with Gasteiger partial charge in [0, 0.05) is 26.1 Å². The van der Waals surface area contributed by atoms with Crippen molar-refractivity contribution in [1.29, 1.82) is 0 Å². The Morgan fingerprint density at radius 1 is 1.13 bits per heavy atom. The third kappa shape index (κ3) is 6.29. The number of carboxylic acid groups (broad SMARTS) is 1. The molecule has 30 heavy (non-hydrogen) atoms. The van der Waals surface area contributed by atoms with E-state index in [4.69, 9.17) is 0 Å². The Balaban J connectivity index is 1.47. The number of carboxylic acids is 1. The Labute approximate surface area is 178 Å². The predicted octanol–water partition coefficient (Wildman–Crippen LogP) is 1.99. The van der Waals surface area contributed by atoms with E-state index in [1.807, 2.05) is 11.0 Å². The number of hydrogen-bond acceptors (Lipinski definition) is 4. The Hall–Kier alpha value is -2.41. The van der Waals surface area contributed by atoms with Crippen molar-refractivity contribution in [3.8, 4) is 0 Å². The lowest BCUT2D eigenvalue weighted by atomic mass is 9.92. The molecule has 2 heterocycles. The number of benzene rings is 1. The van der Waals surface area contributed by atoms with Crippen LogP contribution in [-0.4, -0.2) is 60.5 Å². The molecule has 1 unspecified atom stereocenters. The molecule has 0 spiro atoms. The summed E-state index contributed by atoms with van der Waals surface area (Å²) in [6.45, 7) is 3.26. The van der Waals surface area contributed by atoms with E-state index in [2.05, 4.69) is 10.6 Å². The second-order valence-corrected chi connectivity index (χ2v) is 8.46. The molecule has 2 fully saturated rings. The summed E-state index contributed by atoms with van der Waals surface area (Å²) < 4.78 is 0. The van der Waals surface area contributed by atoms with Crippen LogP contribution in [0.15, 0.2) is 30.3 Å². The summed E-state index contributed by atoms with van der Waals surface area (Å²) >= 11 is 0. The molecule has 2 saturated heterocycles. The number of amides is 2. The predicted molar refractivity (Wildman–Crippen MR) is 114 cm³/mol. The standard InChI is InChI=1S/C23H33N3O4/c27-21(9-8-17-10-12-24-13-11-17)26-14-4-7-19(16-26)22(28)25-15-20(23(29)30)18-5-2-1-3-6-18/h1-3,5-6,17,19-20,24H,4,7-16H2,(H,25,28)(H,29,30)/t19-,20?/m1/s1. The molecule has 164 valence electrons. The number of carbonyl (C=O) groups is 3. The van der Waals surface area contributed by atoms with E-state index in [1.54, 1.807) is 24.3 Å². The lowest BCUT2D eigenvalue weighted by Gasteiger charge is -2.33. The maximum Gasteiger partial charge on any atom is 0.312 e. The minimum atomic E-state index is -0.958. The minimum Gasteiger partial charge on any atom is -0.481 e. The number of hydrogen-bond donors (Lipinski definition) is 3. The van der Waals surface area contributed by atoms with Gasteiger partial charge in [0.15, 0.2) is 0 Å². The maximum atomic E-state index is 12.7. The fourth-order valence-corrected chi connectivity index (χ4v) is 4.45. The average molecular weight is 416 g/mol. The lowest BCUT2D eigenvalue weighted by Crippen LogP contribution is -2.46. The molecule has 0 bridgehead atoms. The summed E-state index contributed by atoms with van der Waals surface area (Å²) in [5.74, 6) is -1.41. The highest BCUT2D eigenvalue weighted by Crippen LogP contribution is 2.22. The minimum absolute atomic E-state index is 0.0539. The van der Waals surface area contributed by atoms with Crippen molar-refractivity contribution in [3.05, 3.63) is 35.9 Å². The van der Waals surface area contributed by atoms with Crippen LogP contribution in [0.5, 0.6) is 0 Å². The van der Waals surface area contributed by atoms with Gasteiger partial charge in [0.2, 0.25) is 11.8 Å². The second kappa shape index (κ2) is 11.1. The molecule has 0 aromatic heterocycles. The number of piperidine rings is 2. The van der Waals surface area contributed by atoms with Gasteiger partial charge in [0.25, 0.3) is 0 Å². The van der Waals surface area contributed by atoms with E-state index >= 15 is 0 Å². The average Bonchev–Trinajstić information content (AvgIpc) is 2.78. The second-order valence-electron chi connectivity index (χ2n) is 8.46. The molecule has 2 aliphatic heterocycles. The number of nitrogens with zero attached hydrogens (tertiary/aromatic N) is 1. The number of rotatable bonds is 8. The van der Waals surface area contributed by atoms with Crippen LogP contribution in [0, 0.1) is 11.8 Å². The molecule has 0 aliphatic carbocycles. The van der Waals surface area contributed by atoms with Crippen LogP contribution >= 0.6 is 0 Å². The van der Waals surface area contributed by atoms with Crippen LogP contribution in [0.25, 0.3) is 0 Å². The summed E-state index contributed by atoms with van der Waals surface area (Å²) in [4.78, 5) is 38.8. The van der Waals surface area contributed by atoms with E-state index in [0.717, 1.165) is 45.2 Å². The van der Waals surface area contributed by atoms with Gasteiger partial charge in [-0.1, -0.05) is 30.3 Å². The van der Waals surface area contributed by atoms with Crippen molar-refractivity contribution in [2.75, 3.05) is 32.7 Å². The van der Waals surface area contributed by atoms with Gasteiger partial charge in [-0.15, -0.1) is 0 Å². The van der Waals surface area contributed by atoms with Crippen molar-refractivity contribution in [1.82, 2.24) is 15.5 Å². The molecule has 7 heteroatoms. The highest BCUT2D eigenvalue weighted by molar-refractivity contribution is 5.82. The third-order valence-electron chi connectivity index (χ3n) is 6.35. The van der Waals surface area contributed by atoms with Crippen LogP contribution < -0.4 is 10.6 Å². The van der Waals surface area contributed by atoms with Crippen molar-refractivity contribution >= 4 is 17.8 Å². The van der Waals surface area contributed by atoms with Crippen molar-refractivity contribution < 1.29 is 19.5 Å². The van der Waals surface area contributed by atoms with Gasteiger partial charge in [0.1, 0.15) is 0 Å². The molecule has 0 radical (unpaired) electrons. The molecule has 2 atom stereocenters. The largest absolute Gasteiger partial charge is 0.481 e. The maximum absolute atomic E-state index is 12.7. The topological polar surface area (TPSA) is 98.7 Å². The zero-order valence-corrected chi connectivity index (χ0v) is 17.5. The highest BCUT2D eigenvalue weighted by Gasteiger charge is 2.30. The first-order valence-electron chi connectivity index (χ1n) is 11.1. The monoisotopic (exact) mass is 415 g/mol. The normalized spacial score (nSPS) is 21.1. The Bertz CT molecular complexity index is 718. The smallest absolute Gasteiger partial charge is 0.312 e. The summed E-state index contributed by atoms with van der Waals surface area (Å²) in [6.07, 6.45) is 5.26. The van der Waals surface area contributed by atoms with Crippen molar-refractivity contribution in [2.24, 2.45) is 11.8 Å². The zero-order valence-electron chi connectivity index (χ0n) is 17.5. The van der Waals surface area contributed by atoms with Gasteiger partial charge in [-0.25, -0.2) is 0 Å². The molecule has 2 amide bonds. The van der Waals surface area contributed by atoms with Crippen molar-refractivity contribution in [3.63, 3.8) is 0 Å². The fourth-order valence-electron chi connectivity index (χ4n) is 4.45. The molecular formula is C23H33N3O4. The fraction of sp³-hybridized carbons (Fsp3) is 0.609. The molecule has 3 N–H and O–H groups in total. The van der Waals surface area contributed by atoms with Crippen LogP contribution in [0.2, 0.25) is 0 Å². The van der Waals surface area contributed by atoms with Crippen LogP contribution in [0.3, 0.4) is 0 Å². The van der Waals surface area contributed by atoms with Crippen LogP contribution in [0.4, 0.5) is 0 Å². The van der Waals surface area contributed by atoms with Gasteiger partial charge < -0.3 is 20.6 Å². The molecule has 7 nitrogen and oxygen atoms in total. The summed E-state index contributed by atoms with van der Waals surface area (Å²) in [5.41, 5.74) is 0.670. The molecule has 2 aliphatic rings. The Morgan fingerprint density at radius 3 is 2.57 bits per heavy atom. The number of likely N-dealkylation sites (tertiary alicyclic amines) is 1. The number of aliphatic carboxylic acids is 1.